The normalized spacial score (nSPS) is 9.81. The summed E-state index contributed by atoms with van der Waals surface area (Å²) in [6.45, 7) is 0.122. The third-order valence-corrected chi connectivity index (χ3v) is 1.97. The lowest BCUT2D eigenvalue weighted by Gasteiger charge is -2.03. The first-order chi connectivity index (χ1) is 7.74. The summed E-state index contributed by atoms with van der Waals surface area (Å²) in [7, 11) is 0. The molecule has 0 aliphatic carbocycles. The minimum atomic E-state index is -0.553. The molecule has 0 radical (unpaired) electrons. The molecular weight excluding hydrogens is 208 g/mol. The van der Waals surface area contributed by atoms with Gasteiger partial charge in [-0.05, 0) is 0 Å². The van der Waals surface area contributed by atoms with Gasteiger partial charge < -0.3 is 9.84 Å². The Bertz CT molecular complexity index is 345. The smallest absolute Gasteiger partial charge is 0.313 e. The second-order valence-corrected chi connectivity index (χ2v) is 3.26. The van der Waals surface area contributed by atoms with Gasteiger partial charge in [0, 0.05) is 18.6 Å². The fourth-order valence-corrected chi connectivity index (χ4v) is 1.16. The van der Waals surface area contributed by atoms with Crippen LogP contribution in [0.15, 0.2) is 30.3 Å². The Morgan fingerprint density at radius 3 is 2.50 bits per heavy atom. The average molecular weight is 222 g/mol. The third kappa shape index (κ3) is 4.23. The van der Waals surface area contributed by atoms with Crippen molar-refractivity contribution in [1.29, 1.82) is 0 Å². The molecule has 1 aromatic rings. The van der Waals surface area contributed by atoms with Gasteiger partial charge in [-0.15, -0.1) is 0 Å². The molecule has 0 spiro atoms. The third-order valence-electron chi connectivity index (χ3n) is 1.97. The Labute approximate surface area is 93.9 Å². The van der Waals surface area contributed by atoms with Gasteiger partial charge in [0.25, 0.3) is 0 Å². The van der Waals surface area contributed by atoms with Crippen LogP contribution in [-0.4, -0.2) is 30.1 Å². The highest BCUT2D eigenvalue weighted by Gasteiger charge is 2.12. The summed E-state index contributed by atoms with van der Waals surface area (Å²) < 4.78 is 4.75. The first-order valence-corrected chi connectivity index (χ1v) is 5.09. The largest absolute Gasteiger partial charge is 0.465 e. The van der Waals surface area contributed by atoms with E-state index in [9.17, 15) is 9.59 Å². The molecule has 0 heterocycles. The highest BCUT2D eigenvalue weighted by Crippen LogP contribution is 2.03. The maximum Gasteiger partial charge on any atom is 0.313 e. The zero-order valence-corrected chi connectivity index (χ0v) is 8.89. The summed E-state index contributed by atoms with van der Waals surface area (Å²) in [5.41, 5.74) is 0.501. The molecule has 1 N–H and O–H groups in total. The molecule has 1 aromatic carbocycles. The van der Waals surface area contributed by atoms with Crippen LogP contribution in [0.3, 0.4) is 0 Å². The van der Waals surface area contributed by atoms with Crippen LogP contribution >= 0.6 is 0 Å². The van der Waals surface area contributed by atoms with E-state index in [1.54, 1.807) is 30.3 Å². The summed E-state index contributed by atoms with van der Waals surface area (Å²) in [6, 6.07) is 8.59. The van der Waals surface area contributed by atoms with E-state index in [0.29, 0.717) is 12.0 Å². The maximum atomic E-state index is 11.5. The number of Topliss-reactive ketones (excluding diaryl/α,β-unsaturated/α-hetero) is 1. The molecule has 4 heteroatoms. The number of rotatable bonds is 6. The number of ketones is 1. The van der Waals surface area contributed by atoms with Crippen molar-refractivity contribution in [2.24, 2.45) is 0 Å². The predicted molar refractivity (Wildman–Crippen MR) is 58.1 cm³/mol. The second-order valence-electron chi connectivity index (χ2n) is 3.26. The molecule has 86 valence electrons. The molecule has 0 aliphatic rings. The lowest BCUT2D eigenvalue weighted by Crippen LogP contribution is -2.12. The van der Waals surface area contributed by atoms with Crippen LogP contribution in [0, 0.1) is 0 Å². The molecule has 0 saturated carbocycles. The number of ether oxygens (including phenoxy) is 1. The fraction of sp³-hybridized carbons (Fsp3) is 0.333. The number of hydrogen-bond acceptors (Lipinski definition) is 4. The molecule has 1 rings (SSSR count). The van der Waals surface area contributed by atoms with Crippen LogP contribution in [0.2, 0.25) is 0 Å². The maximum absolute atomic E-state index is 11.5. The van der Waals surface area contributed by atoms with Gasteiger partial charge in [-0.2, -0.15) is 0 Å². The highest BCUT2D eigenvalue weighted by molar-refractivity contribution is 6.05. The summed E-state index contributed by atoms with van der Waals surface area (Å²) in [5.74, 6) is -0.808. The monoisotopic (exact) mass is 222 g/mol. The topological polar surface area (TPSA) is 63.6 Å². The fourth-order valence-electron chi connectivity index (χ4n) is 1.16. The quantitative estimate of drug-likeness (QED) is 0.340. The van der Waals surface area contributed by atoms with Gasteiger partial charge in [-0.1, -0.05) is 30.3 Å². The van der Waals surface area contributed by atoms with E-state index in [0.717, 1.165) is 0 Å². The van der Waals surface area contributed by atoms with Gasteiger partial charge in [0.2, 0.25) is 0 Å². The molecule has 0 aromatic heterocycles. The zero-order chi connectivity index (χ0) is 11.8. The Hall–Kier alpha value is -1.68. The molecular formula is C12H14O4. The van der Waals surface area contributed by atoms with Crippen molar-refractivity contribution < 1.29 is 19.4 Å². The van der Waals surface area contributed by atoms with Crippen molar-refractivity contribution in [1.82, 2.24) is 0 Å². The Morgan fingerprint density at radius 1 is 1.19 bits per heavy atom. The van der Waals surface area contributed by atoms with Gasteiger partial charge in [-0.25, -0.2) is 0 Å². The van der Waals surface area contributed by atoms with Crippen molar-refractivity contribution >= 4 is 11.8 Å². The highest BCUT2D eigenvalue weighted by atomic mass is 16.5. The Kier molecular flexibility index (Phi) is 5.22. The second kappa shape index (κ2) is 6.74. The summed E-state index contributed by atoms with van der Waals surface area (Å²) >= 11 is 0. The van der Waals surface area contributed by atoms with Crippen LogP contribution in [-0.2, 0) is 9.53 Å². The van der Waals surface area contributed by atoms with E-state index in [-0.39, 0.29) is 25.4 Å². The van der Waals surface area contributed by atoms with Gasteiger partial charge in [0.1, 0.15) is 6.42 Å². The minimum absolute atomic E-state index is 0.0279. The number of carbonyl (C=O) groups is 2. The van der Waals surface area contributed by atoms with Crippen molar-refractivity contribution in [2.75, 3.05) is 13.2 Å². The lowest BCUT2D eigenvalue weighted by atomic mass is 10.1. The van der Waals surface area contributed by atoms with Crippen LogP contribution < -0.4 is 0 Å². The van der Waals surface area contributed by atoms with Crippen molar-refractivity contribution in [3.63, 3.8) is 0 Å². The summed E-state index contributed by atoms with van der Waals surface area (Å²) in [6.07, 6.45) is 0.140. The number of carbonyl (C=O) groups excluding carboxylic acids is 2. The van der Waals surface area contributed by atoms with Crippen molar-refractivity contribution in [2.45, 2.75) is 12.8 Å². The van der Waals surface area contributed by atoms with Gasteiger partial charge in [0.05, 0.1) is 6.61 Å². The predicted octanol–water partition coefficient (Wildman–Crippen LogP) is 1.18. The standard InChI is InChI=1S/C12H14O4/c13-7-4-8-16-12(15)9-11(14)10-5-2-1-3-6-10/h1-3,5-6,13H,4,7-9H2. The van der Waals surface area contributed by atoms with Gasteiger partial charge in [-0.3, -0.25) is 9.59 Å². The molecule has 4 nitrogen and oxygen atoms in total. The number of esters is 1. The first kappa shape index (κ1) is 12.4. The SMILES string of the molecule is O=C(CC(=O)c1ccccc1)OCCCO. The first-order valence-electron chi connectivity index (χ1n) is 5.09. The van der Waals surface area contributed by atoms with Crippen LogP contribution in [0.5, 0.6) is 0 Å². The minimum Gasteiger partial charge on any atom is -0.465 e. The zero-order valence-electron chi connectivity index (χ0n) is 8.89. The van der Waals surface area contributed by atoms with Crippen LogP contribution in [0.4, 0.5) is 0 Å². The van der Waals surface area contributed by atoms with E-state index < -0.39 is 5.97 Å². The van der Waals surface area contributed by atoms with E-state index >= 15 is 0 Å². The summed E-state index contributed by atoms with van der Waals surface area (Å²) in [4.78, 5) is 22.7. The molecule has 0 atom stereocenters. The molecule has 0 bridgehead atoms. The molecule has 16 heavy (non-hydrogen) atoms. The number of aliphatic hydroxyl groups is 1. The summed E-state index contributed by atoms with van der Waals surface area (Å²) in [5, 5.41) is 8.48. The molecule has 0 saturated heterocycles. The van der Waals surface area contributed by atoms with E-state index in [2.05, 4.69) is 0 Å². The van der Waals surface area contributed by atoms with Crippen molar-refractivity contribution in [3.05, 3.63) is 35.9 Å². The average Bonchev–Trinajstić information content (AvgIpc) is 2.30. The van der Waals surface area contributed by atoms with Crippen LogP contribution in [0.25, 0.3) is 0 Å². The molecule has 0 amide bonds. The number of aliphatic hydroxyl groups excluding tert-OH is 1. The molecule has 0 fully saturated rings. The molecule has 0 unspecified atom stereocenters. The van der Waals surface area contributed by atoms with Crippen LogP contribution in [0.1, 0.15) is 23.2 Å². The van der Waals surface area contributed by atoms with Crippen molar-refractivity contribution in [3.8, 4) is 0 Å². The Morgan fingerprint density at radius 2 is 1.88 bits per heavy atom. The van der Waals surface area contributed by atoms with E-state index in [1.165, 1.54) is 0 Å². The van der Waals surface area contributed by atoms with Gasteiger partial charge >= 0.3 is 5.97 Å². The van der Waals surface area contributed by atoms with E-state index in [1.807, 2.05) is 0 Å². The Balaban J connectivity index is 2.37. The number of hydrogen-bond donors (Lipinski definition) is 1. The lowest BCUT2D eigenvalue weighted by molar-refractivity contribution is -0.142. The van der Waals surface area contributed by atoms with Gasteiger partial charge in [0.15, 0.2) is 5.78 Å². The number of benzene rings is 1. The van der Waals surface area contributed by atoms with E-state index in [4.69, 9.17) is 9.84 Å². The molecule has 0 aliphatic heterocycles.